The van der Waals surface area contributed by atoms with Crippen molar-refractivity contribution in [2.24, 2.45) is 5.10 Å². The van der Waals surface area contributed by atoms with Gasteiger partial charge in [0.25, 0.3) is 0 Å². The van der Waals surface area contributed by atoms with Gasteiger partial charge < -0.3 is 0 Å². The second-order valence-corrected chi connectivity index (χ2v) is 6.65. The zero-order valence-electron chi connectivity index (χ0n) is 13.7. The number of aromatic nitrogens is 2. The van der Waals surface area contributed by atoms with Crippen molar-refractivity contribution in [1.82, 2.24) is 9.97 Å². The molecule has 2 heterocycles. The Morgan fingerprint density at radius 2 is 1.88 bits per heavy atom. The summed E-state index contributed by atoms with van der Waals surface area (Å²) in [4.78, 5) is 10.4. The average Bonchev–Trinajstić information content (AvgIpc) is 3.15. The fraction of sp³-hybridized carbons (Fsp3) is 0.0500. The Bertz CT molecular complexity index is 1020. The zero-order valence-corrected chi connectivity index (χ0v) is 14.5. The smallest absolute Gasteiger partial charge is 0.244 e. The maximum absolute atomic E-state index is 4.70. The normalized spacial score (nSPS) is 11.2. The minimum atomic E-state index is 0.489. The molecule has 2 aromatic carbocycles. The van der Waals surface area contributed by atoms with Crippen molar-refractivity contribution in [3.8, 4) is 11.3 Å². The Kier molecular flexibility index (Phi) is 4.23. The van der Waals surface area contributed by atoms with Crippen LogP contribution < -0.4 is 5.43 Å². The van der Waals surface area contributed by atoms with Gasteiger partial charge in [-0.2, -0.15) is 5.10 Å². The molecule has 0 aliphatic carbocycles. The van der Waals surface area contributed by atoms with Crippen LogP contribution in [-0.4, -0.2) is 16.2 Å². The van der Waals surface area contributed by atoms with Gasteiger partial charge in [-0.3, -0.25) is 0 Å². The van der Waals surface area contributed by atoms with Gasteiger partial charge in [0, 0.05) is 15.8 Å². The highest BCUT2D eigenvalue weighted by molar-refractivity contribution is 7.11. The van der Waals surface area contributed by atoms with Gasteiger partial charge in [0.05, 0.1) is 17.4 Å². The molecule has 5 heteroatoms. The lowest BCUT2D eigenvalue weighted by Gasteiger charge is -2.09. The van der Waals surface area contributed by atoms with E-state index in [9.17, 15) is 0 Å². The van der Waals surface area contributed by atoms with E-state index in [0.717, 1.165) is 27.0 Å². The second kappa shape index (κ2) is 6.83. The first kappa shape index (κ1) is 15.5. The molecule has 0 bridgehead atoms. The van der Waals surface area contributed by atoms with Gasteiger partial charge in [0.1, 0.15) is 0 Å². The molecule has 0 fully saturated rings. The topological polar surface area (TPSA) is 50.2 Å². The number of hydrogen-bond acceptors (Lipinski definition) is 5. The van der Waals surface area contributed by atoms with E-state index >= 15 is 0 Å². The van der Waals surface area contributed by atoms with Crippen LogP contribution in [0.15, 0.2) is 71.1 Å². The van der Waals surface area contributed by atoms with Crippen molar-refractivity contribution in [1.29, 1.82) is 0 Å². The minimum absolute atomic E-state index is 0.489. The lowest BCUT2D eigenvalue weighted by atomic mass is 10.0. The third-order valence-corrected chi connectivity index (χ3v) is 4.60. The maximum Gasteiger partial charge on any atom is 0.244 e. The van der Waals surface area contributed by atoms with Crippen LogP contribution in [0.2, 0.25) is 0 Å². The number of anilines is 1. The van der Waals surface area contributed by atoms with E-state index in [1.165, 1.54) is 5.56 Å². The first-order chi connectivity index (χ1) is 12.3. The Morgan fingerprint density at radius 3 is 2.68 bits per heavy atom. The largest absolute Gasteiger partial charge is 0.245 e. The summed E-state index contributed by atoms with van der Waals surface area (Å²) in [6, 6.07) is 20.4. The molecule has 0 saturated heterocycles. The number of benzene rings is 2. The highest BCUT2D eigenvalue weighted by atomic mass is 32.1. The van der Waals surface area contributed by atoms with E-state index in [0.29, 0.717) is 5.95 Å². The van der Waals surface area contributed by atoms with Crippen LogP contribution in [0.1, 0.15) is 10.4 Å². The highest BCUT2D eigenvalue weighted by Crippen LogP contribution is 2.28. The molecule has 0 aliphatic heterocycles. The Balaban J connectivity index is 1.77. The van der Waals surface area contributed by atoms with Gasteiger partial charge in [0.2, 0.25) is 5.95 Å². The Hall–Kier alpha value is -3.05. The van der Waals surface area contributed by atoms with Gasteiger partial charge in [0.15, 0.2) is 0 Å². The summed E-state index contributed by atoms with van der Waals surface area (Å²) < 4.78 is 0. The monoisotopic (exact) mass is 344 g/mol. The molecule has 1 N–H and O–H groups in total. The third-order valence-electron chi connectivity index (χ3n) is 3.80. The minimum Gasteiger partial charge on any atom is -0.245 e. The summed E-state index contributed by atoms with van der Waals surface area (Å²) in [5.41, 5.74) is 7.00. The van der Waals surface area contributed by atoms with Gasteiger partial charge in [-0.05, 0) is 30.5 Å². The van der Waals surface area contributed by atoms with Crippen molar-refractivity contribution in [3.05, 3.63) is 76.5 Å². The van der Waals surface area contributed by atoms with E-state index < -0.39 is 0 Å². The van der Waals surface area contributed by atoms with Gasteiger partial charge in [-0.15, -0.1) is 11.3 Å². The third kappa shape index (κ3) is 3.41. The number of nitrogens with one attached hydrogen (secondary N) is 1. The second-order valence-electron chi connectivity index (χ2n) is 5.67. The predicted octanol–water partition coefficient (Wildman–Crippen LogP) is 5.11. The van der Waals surface area contributed by atoms with E-state index in [4.69, 9.17) is 4.98 Å². The molecule has 0 spiro atoms. The highest BCUT2D eigenvalue weighted by Gasteiger charge is 2.09. The Labute approximate surface area is 149 Å². The standard InChI is InChI=1S/C20H16N4S/c1-14-9-10-18-17(12-14)19(15-6-3-2-4-7-15)23-20(22-18)24-21-13-16-8-5-11-25-16/h2-13H,1H3,(H,22,23,24)/b21-13+. The Morgan fingerprint density at radius 1 is 1.00 bits per heavy atom. The molecule has 4 aromatic rings. The van der Waals surface area contributed by atoms with Gasteiger partial charge in [-0.25, -0.2) is 15.4 Å². The van der Waals surface area contributed by atoms with Crippen molar-refractivity contribution in [2.45, 2.75) is 6.92 Å². The summed E-state index contributed by atoms with van der Waals surface area (Å²) >= 11 is 1.63. The molecule has 0 aliphatic rings. The molecule has 4 rings (SSSR count). The lowest BCUT2D eigenvalue weighted by Crippen LogP contribution is -1.99. The molecule has 0 unspecified atom stereocenters. The first-order valence-corrected chi connectivity index (χ1v) is 8.84. The number of hydrogen-bond donors (Lipinski definition) is 1. The molecule has 0 radical (unpaired) electrons. The first-order valence-electron chi connectivity index (χ1n) is 7.96. The lowest BCUT2D eigenvalue weighted by molar-refractivity contribution is 1.15. The molecule has 2 aromatic heterocycles. The molecular weight excluding hydrogens is 328 g/mol. The molecule has 0 saturated carbocycles. The number of fused-ring (bicyclic) bond motifs is 1. The fourth-order valence-electron chi connectivity index (χ4n) is 2.63. The van der Waals surface area contributed by atoms with Crippen LogP contribution >= 0.6 is 11.3 Å². The molecule has 0 amide bonds. The SMILES string of the molecule is Cc1ccc2nc(N/N=C/c3cccs3)nc(-c3ccccc3)c2c1. The van der Waals surface area contributed by atoms with Gasteiger partial charge in [-0.1, -0.05) is 48.0 Å². The number of aryl methyl sites for hydroxylation is 1. The number of nitrogens with zero attached hydrogens (tertiary/aromatic N) is 3. The average molecular weight is 344 g/mol. The van der Waals surface area contributed by atoms with Crippen LogP contribution in [0.25, 0.3) is 22.2 Å². The molecular formula is C20H16N4S. The number of hydrazone groups is 1. The molecule has 0 atom stereocenters. The van der Waals surface area contributed by atoms with Crippen LogP contribution in [0.3, 0.4) is 0 Å². The molecule has 4 nitrogen and oxygen atoms in total. The summed E-state index contributed by atoms with van der Waals surface area (Å²) in [7, 11) is 0. The molecule has 25 heavy (non-hydrogen) atoms. The van der Waals surface area contributed by atoms with Crippen molar-refractivity contribution in [3.63, 3.8) is 0 Å². The summed E-state index contributed by atoms with van der Waals surface area (Å²) in [6.07, 6.45) is 1.77. The van der Waals surface area contributed by atoms with E-state index in [1.54, 1.807) is 17.6 Å². The van der Waals surface area contributed by atoms with Crippen molar-refractivity contribution in [2.75, 3.05) is 5.43 Å². The number of rotatable bonds is 4. The summed E-state index contributed by atoms with van der Waals surface area (Å²) in [6.45, 7) is 2.08. The molecule has 122 valence electrons. The fourth-order valence-corrected chi connectivity index (χ4v) is 3.21. The van der Waals surface area contributed by atoms with Crippen LogP contribution in [0.5, 0.6) is 0 Å². The van der Waals surface area contributed by atoms with E-state index in [2.05, 4.69) is 46.7 Å². The maximum atomic E-state index is 4.70. The van der Waals surface area contributed by atoms with Crippen LogP contribution in [0, 0.1) is 6.92 Å². The quantitative estimate of drug-likeness (QED) is 0.413. The van der Waals surface area contributed by atoms with Crippen LogP contribution in [-0.2, 0) is 0 Å². The summed E-state index contributed by atoms with van der Waals surface area (Å²) in [5.74, 6) is 0.489. The van der Waals surface area contributed by atoms with Crippen molar-refractivity contribution < 1.29 is 0 Å². The van der Waals surface area contributed by atoms with Crippen molar-refractivity contribution >= 4 is 34.4 Å². The van der Waals surface area contributed by atoms with Crippen LogP contribution in [0.4, 0.5) is 5.95 Å². The number of thiophene rings is 1. The van der Waals surface area contributed by atoms with E-state index in [1.807, 2.05) is 41.8 Å². The zero-order chi connectivity index (χ0) is 17.1. The van der Waals surface area contributed by atoms with E-state index in [-0.39, 0.29) is 0 Å². The predicted molar refractivity (Wildman–Crippen MR) is 105 cm³/mol. The summed E-state index contributed by atoms with van der Waals surface area (Å²) in [5, 5.41) is 7.31. The van der Waals surface area contributed by atoms with Gasteiger partial charge >= 0.3 is 0 Å².